The lowest BCUT2D eigenvalue weighted by molar-refractivity contribution is -0.142. The SMILES string of the molecule is COC(=O)N1CCc2c(Cl)cc3c(nc(C4CCC(C(=O)O)CC4)n3CCc3ccccc3)c2C1. The zero-order valence-electron chi connectivity index (χ0n) is 19.9. The van der Waals surface area contributed by atoms with E-state index in [4.69, 9.17) is 21.3 Å². The molecule has 0 bridgehead atoms. The van der Waals surface area contributed by atoms with Crippen LogP contribution in [0.5, 0.6) is 0 Å². The molecule has 1 aromatic heterocycles. The largest absolute Gasteiger partial charge is 0.481 e. The number of imidazole rings is 1. The molecule has 0 spiro atoms. The molecule has 3 aromatic rings. The Morgan fingerprint density at radius 1 is 1.14 bits per heavy atom. The van der Waals surface area contributed by atoms with E-state index in [1.807, 2.05) is 24.3 Å². The molecule has 0 atom stereocenters. The first-order valence-corrected chi connectivity index (χ1v) is 12.6. The fourth-order valence-electron chi connectivity index (χ4n) is 5.62. The number of benzene rings is 2. The minimum Gasteiger partial charge on any atom is -0.481 e. The van der Waals surface area contributed by atoms with E-state index in [1.165, 1.54) is 12.7 Å². The Morgan fingerprint density at radius 2 is 1.89 bits per heavy atom. The van der Waals surface area contributed by atoms with Crippen LogP contribution in [-0.4, -0.2) is 45.3 Å². The Morgan fingerprint density at radius 3 is 2.57 bits per heavy atom. The van der Waals surface area contributed by atoms with Crippen molar-refractivity contribution < 1.29 is 19.4 Å². The van der Waals surface area contributed by atoms with Gasteiger partial charge < -0.3 is 19.3 Å². The third-order valence-electron chi connectivity index (χ3n) is 7.56. The molecule has 35 heavy (non-hydrogen) atoms. The van der Waals surface area contributed by atoms with E-state index in [-0.39, 0.29) is 17.9 Å². The molecule has 0 radical (unpaired) electrons. The molecular weight excluding hydrogens is 466 g/mol. The lowest BCUT2D eigenvalue weighted by atomic mass is 9.81. The zero-order chi connectivity index (χ0) is 24.5. The van der Waals surface area contributed by atoms with Gasteiger partial charge in [-0.05, 0) is 55.7 Å². The van der Waals surface area contributed by atoms with Crippen molar-refractivity contribution in [2.45, 2.75) is 57.5 Å². The van der Waals surface area contributed by atoms with Crippen LogP contribution in [0.3, 0.4) is 0 Å². The number of hydrogen-bond acceptors (Lipinski definition) is 4. The van der Waals surface area contributed by atoms with Gasteiger partial charge in [0, 0.05) is 29.6 Å². The van der Waals surface area contributed by atoms with Gasteiger partial charge in [0.1, 0.15) is 5.82 Å². The highest BCUT2D eigenvalue weighted by Gasteiger charge is 2.32. The summed E-state index contributed by atoms with van der Waals surface area (Å²) in [6.07, 6.45) is 4.10. The molecule has 1 fully saturated rings. The van der Waals surface area contributed by atoms with Crippen LogP contribution in [0.15, 0.2) is 36.4 Å². The van der Waals surface area contributed by atoms with Gasteiger partial charge >= 0.3 is 12.1 Å². The molecule has 0 saturated heterocycles. The minimum absolute atomic E-state index is 0.198. The third kappa shape index (κ3) is 4.61. The Kier molecular flexibility index (Phi) is 6.69. The quantitative estimate of drug-likeness (QED) is 0.511. The highest BCUT2D eigenvalue weighted by Crippen LogP contribution is 2.40. The molecule has 8 heteroatoms. The monoisotopic (exact) mass is 495 g/mol. The van der Waals surface area contributed by atoms with E-state index >= 15 is 0 Å². The Hall–Kier alpha value is -3.06. The molecule has 5 rings (SSSR count). The number of ether oxygens (including phenoxy) is 1. The number of halogens is 1. The molecule has 2 aromatic carbocycles. The van der Waals surface area contributed by atoms with Gasteiger partial charge in [-0.25, -0.2) is 9.78 Å². The number of methoxy groups -OCH3 is 1. The maximum absolute atomic E-state index is 12.3. The van der Waals surface area contributed by atoms with E-state index in [1.54, 1.807) is 4.90 Å². The molecule has 1 aliphatic carbocycles. The van der Waals surface area contributed by atoms with Crippen molar-refractivity contribution in [2.75, 3.05) is 13.7 Å². The Balaban J connectivity index is 1.56. The predicted octanol–water partition coefficient (Wildman–Crippen LogP) is 5.42. The first kappa shape index (κ1) is 23.7. The van der Waals surface area contributed by atoms with Crippen molar-refractivity contribution in [1.82, 2.24) is 14.5 Å². The van der Waals surface area contributed by atoms with Gasteiger partial charge in [-0.15, -0.1) is 0 Å². The van der Waals surface area contributed by atoms with Crippen LogP contribution in [0.2, 0.25) is 5.02 Å². The Bertz CT molecular complexity index is 1250. The maximum Gasteiger partial charge on any atom is 0.409 e. The van der Waals surface area contributed by atoms with E-state index in [2.05, 4.69) is 16.7 Å². The second kappa shape index (κ2) is 9.90. The number of aromatic nitrogens is 2. The second-order valence-corrected chi connectivity index (χ2v) is 9.98. The maximum atomic E-state index is 12.3. The average Bonchev–Trinajstić information content (AvgIpc) is 3.25. The normalized spacial score (nSPS) is 20.0. The molecule has 2 heterocycles. The van der Waals surface area contributed by atoms with Gasteiger partial charge in [-0.1, -0.05) is 41.9 Å². The van der Waals surface area contributed by atoms with Crippen molar-refractivity contribution in [3.05, 3.63) is 63.9 Å². The van der Waals surface area contributed by atoms with Gasteiger partial charge in [-0.2, -0.15) is 0 Å². The van der Waals surface area contributed by atoms with Crippen LogP contribution < -0.4 is 0 Å². The van der Waals surface area contributed by atoms with E-state index < -0.39 is 5.97 Å². The summed E-state index contributed by atoms with van der Waals surface area (Å²) in [6.45, 7) is 1.73. The average molecular weight is 496 g/mol. The van der Waals surface area contributed by atoms with Gasteiger partial charge in [0.25, 0.3) is 0 Å². The number of aryl methyl sites for hydroxylation is 2. The van der Waals surface area contributed by atoms with Crippen LogP contribution in [0.1, 0.15) is 54.1 Å². The lowest BCUT2D eigenvalue weighted by Gasteiger charge is -2.28. The van der Waals surface area contributed by atoms with Crippen molar-refractivity contribution in [3.8, 4) is 0 Å². The summed E-state index contributed by atoms with van der Waals surface area (Å²) in [6, 6.07) is 12.4. The number of carboxylic acid groups (broad SMARTS) is 1. The molecular formula is C27H30ClN3O4. The summed E-state index contributed by atoms with van der Waals surface area (Å²) < 4.78 is 7.24. The van der Waals surface area contributed by atoms with Crippen molar-refractivity contribution >= 4 is 34.7 Å². The van der Waals surface area contributed by atoms with Crippen molar-refractivity contribution in [3.63, 3.8) is 0 Å². The summed E-state index contributed by atoms with van der Waals surface area (Å²) >= 11 is 6.78. The van der Waals surface area contributed by atoms with Gasteiger partial charge in [-0.3, -0.25) is 4.79 Å². The number of carboxylic acids is 1. The van der Waals surface area contributed by atoms with Crippen LogP contribution >= 0.6 is 11.6 Å². The summed E-state index contributed by atoms with van der Waals surface area (Å²) in [4.78, 5) is 30.6. The standard InChI is InChI=1S/C27H30ClN3O4/c1-35-27(34)30-13-12-20-21(16-30)24-23(15-22(20)28)31(14-11-17-5-3-2-4-6-17)25(29-24)18-7-9-19(10-8-18)26(32)33/h2-6,15,18-19H,7-14,16H2,1H3,(H,32,33). The number of amides is 1. The molecule has 1 N–H and O–H groups in total. The van der Waals surface area contributed by atoms with E-state index in [0.29, 0.717) is 37.4 Å². The Labute approximate surface area is 209 Å². The molecule has 0 unspecified atom stereocenters. The topological polar surface area (TPSA) is 84.7 Å². The fraction of sp³-hybridized carbons (Fsp3) is 0.444. The second-order valence-electron chi connectivity index (χ2n) is 9.57. The summed E-state index contributed by atoms with van der Waals surface area (Å²) in [7, 11) is 1.40. The van der Waals surface area contributed by atoms with Crippen LogP contribution in [0.25, 0.3) is 11.0 Å². The number of carbonyl (C=O) groups excluding carboxylic acids is 1. The van der Waals surface area contributed by atoms with Gasteiger partial charge in [0.05, 0.1) is 30.6 Å². The molecule has 7 nitrogen and oxygen atoms in total. The first-order chi connectivity index (χ1) is 17.0. The zero-order valence-corrected chi connectivity index (χ0v) is 20.6. The number of aliphatic carboxylic acids is 1. The molecule has 1 saturated carbocycles. The molecule has 1 amide bonds. The molecule has 184 valence electrons. The fourth-order valence-corrected chi connectivity index (χ4v) is 5.93. The first-order valence-electron chi connectivity index (χ1n) is 12.3. The number of hydrogen-bond donors (Lipinski definition) is 1. The van der Waals surface area contributed by atoms with Crippen molar-refractivity contribution in [2.24, 2.45) is 5.92 Å². The number of fused-ring (bicyclic) bond motifs is 3. The van der Waals surface area contributed by atoms with E-state index in [9.17, 15) is 14.7 Å². The van der Waals surface area contributed by atoms with Crippen LogP contribution in [0, 0.1) is 5.92 Å². The van der Waals surface area contributed by atoms with E-state index in [0.717, 1.165) is 53.8 Å². The van der Waals surface area contributed by atoms with Gasteiger partial charge in [0.15, 0.2) is 0 Å². The molecule has 2 aliphatic rings. The summed E-state index contributed by atoms with van der Waals surface area (Å²) in [5, 5.41) is 10.2. The lowest BCUT2D eigenvalue weighted by Crippen LogP contribution is -2.36. The number of carbonyl (C=O) groups is 2. The summed E-state index contributed by atoms with van der Waals surface area (Å²) in [5.74, 6) is 0.219. The molecule has 1 aliphatic heterocycles. The minimum atomic E-state index is -0.704. The summed E-state index contributed by atoms with van der Waals surface area (Å²) in [5.41, 5.74) is 5.15. The van der Waals surface area contributed by atoms with Crippen LogP contribution in [0.4, 0.5) is 4.79 Å². The predicted molar refractivity (Wildman–Crippen MR) is 134 cm³/mol. The third-order valence-corrected chi connectivity index (χ3v) is 7.90. The van der Waals surface area contributed by atoms with Crippen LogP contribution in [-0.2, 0) is 35.5 Å². The highest BCUT2D eigenvalue weighted by molar-refractivity contribution is 6.32. The van der Waals surface area contributed by atoms with Gasteiger partial charge in [0.2, 0.25) is 0 Å². The smallest absolute Gasteiger partial charge is 0.409 e. The number of rotatable bonds is 5. The van der Waals surface area contributed by atoms with Crippen molar-refractivity contribution in [1.29, 1.82) is 0 Å². The number of nitrogens with zero attached hydrogens (tertiary/aromatic N) is 3. The highest BCUT2D eigenvalue weighted by atomic mass is 35.5.